The molecule has 0 radical (unpaired) electrons. The van der Waals surface area contributed by atoms with Gasteiger partial charge in [0.2, 0.25) is 0 Å². The van der Waals surface area contributed by atoms with Gasteiger partial charge in [-0.1, -0.05) is 6.07 Å². The van der Waals surface area contributed by atoms with Crippen LogP contribution < -0.4 is 0 Å². The molecule has 0 aliphatic heterocycles. The molecule has 6 rings (SSSR count). The number of aromatic nitrogens is 4. The van der Waals surface area contributed by atoms with E-state index in [9.17, 15) is 0 Å². The monoisotopic (exact) mass is 366 g/mol. The lowest BCUT2D eigenvalue weighted by molar-refractivity contribution is 0.689. The van der Waals surface area contributed by atoms with E-state index in [0.717, 1.165) is 35.3 Å². The van der Waals surface area contributed by atoms with Gasteiger partial charge in [0.15, 0.2) is 0 Å². The standard InChI is InChI=1S/C24H22N4/c1-13-11-19-20(25-13)9-10-22-23(19)16-5-3-4-6-17(16)24(26-22)15-7-8-21-18(12-15)14(2)27-28-21/h7-12,25H,3-6H2,1-2H3,(H,27,28). The molecule has 4 heteroatoms. The van der Waals surface area contributed by atoms with Crippen LogP contribution >= 0.6 is 0 Å². The van der Waals surface area contributed by atoms with Gasteiger partial charge in [-0.2, -0.15) is 5.10 Å². The van der Waals surface area contributed by atoms with Crippen molar-refractivity contribution in [3.05, 3.63) is 58.9 Å². The highest BCUT2D eigenvalue weighted by molar-refractivity contribution is 6.08. The maximum Gasteiger partial charge on any atom is 0.0744 e. The second-order valence-electron chi connectivity index (χ2n) is 8.07. The van der Waals surface area contributed by atoms with Crippen LogP contribution in [0.5, 0.6) is 0 Å². The zero-order valence-electron chi connectivity index (χ0n) is 16.2. The Kier molecular flexibility index (Phi) is 3.22. The Labute approximate surface area is 163 Å². The first-order valence-corrected chi connectivity index (χ1v) is 10.1. The van der Waals surface area contributed by atoms with Crippen molar-refractivity contribution in [3.63, 3.8) is 0 Å². The minimum Gasteiger partial charge on any atom is -0.359 e. The molecule has 2 aromatic carbocycles. The number of aromatic amines is 2. The minimum absolute atomic E-state index is 1.04. The minimum atomic E-state index is 1.04. The highest BCUT2D eigenvalue weighted by Gasteiger charge is 2.21. The lowest BCUT2D eigenvalue weighted by atomic mass is 9.85. The number of benzene rings is 2. The highest BCUT2D eigenvalue weighted by Crippen LogP contribution is 2.38. The first-order chi connectivity index (χ1) is 13.7. The van der Waals surface area contributed by atoms with Gasteiger partial charge in [0.05, 0.1) is 22.4 Å². The third kappa shape index (κ3) is 2.18. The van der Waals surface area contributed by atoms with Crippen LogP contribution in [-0.2, 0) is 12.8 Å². The molecule has 0 unspecified atom stereocenters. The Bertz CT molecular complexity index is 1390. The SMILES string of the molecule is Cc1cc2c(ccc3nc(-c4ccc5[nH]nc(C)c5c4)c4c(c32)CCCC4)[nH]1. The van der Waals surface area contributed by atoms with Gasteiger partial charge in [-0.15, -0.1) is 0 Å². The van der Waals surface area contributed by atoms with E-state index in [1.807, 2.05) is 0 Å². The number of hydrogen-bond donors (Lipinski definition) is 2. The lowest BCUT2D eigenvalue weighted by Gasteiger charge is -2.22. The molecule has 0 bridgehead atoms. The van der Waals surface area contributed by atoms with Crippen molar-refractivity contribution in [2.45, 2.75) is 39.5 Å². The van der Waals surface area contributed by atoms with Gasteiger partial charge in [-0.25, -0.2) is 4.98 Å². The number of rotatable bonds is 1. The maximum absolute atomic E-state index is 5.19. The molecule has 3 heterocycles. The van der Waals surface area contributed by atoms with E-state index in [1.165, 1.54) is 56.9 Å². The molecular weight excluding hydrogens is 344 g/mol. The van der Waals surface area contributed by atoms with Crippen LogP contribution in [0.2, 0.25) is 0 Å². The van der Waals surface area contributed by atoms with Crippen molar-refractivity contribution >= 4 is 32.7 Å². The van der Waals surface area contributed by atoms with E-state index in [-0.39, 0.29) is 0 Å². The largest absolute Gasteiger partial charge is 0.359 e. The van der Waals surface area contributed by atoms with Gasteiger partial charge >= 0.3 is 0 Å². The summed E-state index contributed by atoms with van der Waals surface area (Å²) < 4.78 is 0. The van der Waals surface area contributed by atoms with E-state index < -0.39 is 0 Å². The van der Waals surface area contributed by atoms with Gasteiger partial charge in [0, 0.05) is 32.9 Å². The molecule has 3 aromatic heterocycles. The van der Waals surface area contributed by atoms with Crippen molar-refractivity contribution in [3.8, 4) is 11.3 Å². The predicted octanol–water partition coefficient (Wildman–Crippen LogP) is 5.76. The normalized spacial score (nSPS) is 14.2. The van der Waals surface area contributed by atoms with Gasteiger partial charge in [0.1, 0.15) is 0 Å². The Hall–Kier alpha value is -3.14. The van der Waals surface area contributed by atoms with Gasteiger partial charge in [0.25, 0.3) is 0 Å². The van der Waals surface area contributed by atoms with E-state index in [1.54, 1.807) is 0 Å². The third-order valence-electron chi connectivity index (χ3n) is 6.23. The van der Waals surface area contributed by atoms with Gasteiger partial charge in [-0.3, -0.25) is 5.10 Å². The van der Waals surface area contributed by atoms with Crippen LogP contribution in [0.4, 0.5) is 0 Å². The molecule has 4 nitrogen and oxygen atoms in total. The average molecular weight is 366 g/mol. The molecule has 0 saturated heterocycles. The number of pyridine rings is 1. The first-order valence-electron chi connectivity index (χ1n) is 10.1. The van der Waals surface area contributed by atoms with Crippen LogP contribution in [-0.4, -0.2) is 20.2 Å². The number of aryl methyl sites for hydroxylation is 3. The molecular formula is C24H22N4. The van der Waals surface area contributed by atoms with Gasteiger partial charge in [-0.05, 0) is 81.0 Å². The summed E-state index contributed by atoms with van der Waals surface area (Å²) in [5.41, 5.74) is 10.9. The second-order valence-corrected chi connectivity index (χ2v) is 8.07. The van der Waals surface area contributed by atoms with Crippen molar-refractivity contribution in [1.29, 1.82) is 0 Å². The molecule has 2 N–H and O–H groups in total. The van der Waals surface area contributed by atoms with Crippen LogP contribution in [0, 0.1) is 13.8 Å². The molecule has 1 aliphatic rings. The van der Waals surface area contributed by atoms with Crippen LogP contribution in [0.1, 0.15) is 35.4 Å². The smallest absolute Gasteiger partial charge is 0.0744 e. The Balaban J connectivity index is 1.70. The Morgan fingerprint density at radius 1 is 0.857 bits per heavy atom. The van der Waals surface area contributed by atoms with Crippen LogP contribution in [0.3, 0.4) is 0 Å². The van der Waals surface area contributed by atoms with E-state index in [4.69, 9.17) is 4.98 Å². The topological polar surface area (TPSA) is 57.4 Å². The van der Waals surface area contributed by atoms with E-state index >= 15 is 0 Å². The van der Waals surface area contributed by atoms with Crippen molar-refractivity contribution in [2.75, 3.05) is 0 Å². The summed E-state index contributed by atoms with van der Waals surface area (Å²) in [6.45, 7) is 4.18. The zero-order chi connectivity index (χ0) is 18.8. The average Bonchev–Trinajstić information content (AvgIpc) is 3.28. The quantitative estimate of drug-likeness (QED) is 0.396. The number of fused-ring (bicyclic) bond motifs is 6. The number of nitrogens with one attached hydrogen (secondary N) is 2. The number of nitrogens with zero attached hydrogens (tertiary/aromatic N) is 2. The van der Waals surface area contributed by atoms with Gasteiger partial charge < -0.3 is 4.98 Å². The lowest BCUT2D eigenvalue weighted by Crippen LogP contribution is -2.07. The molecule has 0 fully saturated rings. The summed E-state index contributed by atoms with van der Waals surface area (Å²) in [7, 11) is 0. The zero-order valence-corrected chi connectivity index (χ0v) is 16.2. The fourth-order valence-electron chi connectivity index (χ4n) is 4.90. The summed E-state index contributed by atoms with van der Waals surface area (Å²) in [5, 5.41) is 11.3. The van der Waals surface area contributed by atoms with Crippen LogP contribution in [0.15, 0.2) is 36.4 Å². The molecule has 5 aromatic rings. The Morgan fingerprint density at radius 3 is 2.57 bits per heavy atom. The van der Waals surface area contributed by atoms with Crippen molar-refractivity contribution in [1.82, 2.24) is 20.2 Å². The molecule has 0 atom stereocenters. The molecule has 0 spiro atoms. The molecule has 0 amide bonds. The molecule has 1 aliphatic carbocycles. The highest BCUT2D eigenvalue weighted by atomic mass is 15.1. The number of H-pyrrole nitrogens is 2. The molecule has 138 valence electrons. The summed E-state index contributed by atoms with van der Waals surface area (Å²) in [6.07, 6.45) is 4.74. The predicted molar refractivity (Wildman–Crippen MR) is 115 cm³/mol. The summed E-state index contributed by atoms with van der Waals surface area (Å²) in [5.74, 6) is 0. The van der Waals surface area contributed by atoms with Crippen LogP contribution in [0.25, 0.3) is 44.0 Å². The molecule has 28 heavy (non-hydrogen) atoms. The Morgan fingerprint density at radius 2 is 1.68 bits per heavy atom. The number of hydrogen-bond acceptors (Lipinski definition) is 2. The summed E-state index contributed by atoms with van der Waals surface area (Å²) in [4.78, 5) is 8.68. The first kappa shape index (κ1) is 15.9. The fraction of sp³-hybridized carbons (Fsp3) is 0.250. The molecule has 0 saturated carbocycles. The van der Waals surface area contributed by atoms with Crippen molar-refractivity contribution < 1.29 is 0 Å². The van der Waals surface area contributed by atoms with E-state index in [2.05, 4.69) is 65.4 Å². The fourth-order valence-corrected chi connectivity index (χ4v) is 4.90. The van der Waals surface area contributed by atoms with E-state index in [0.29, 0.717) is 0 Å². The third-order valence-corrected chi connectivity index (χ3v) is 6.23. The van der Waals surface area contributed by atoms with Crippen molar-refractivity contribution in [2.24, 2.45) is 0 Å². The summed E-state index contributed by atoms with van der Waals surface area (Å²) in [6, 6.07) is 13.2. The maximum atomic E-state index is 5.19. The summed E-state index contributed by atoms with van der Waals surface area (Å²) >= 11 is 0. The second kappa shape index (κ2) is 5.68.